The van der Waals surface area contributed by atoms with Gasteiger partial charge in [-0.3, -0.25) is 14.5 Å². The number of furan rings is 1. The average Bonchev–Trinajstić information content (AvgIpc) is 3.27. The minimum Gasteiger partial charge on any atom is -0.497 e. The van der Waals surface area contributed by atoms with Crippen molar-refractivity contribution in [1.29, 1.82) is 0 Å². The molecule has 150 valence electrons. The number of hydrogen-bond donors (Lipinski definition) is 1. The minimum absolute atomic E-state index is 0.0415. The number of Topliss-reactive ketones (excluding diaryl/α,β-unsaturated/α-hetero) is 1. The van der Waals surface area contributed by atoms with Crippen molar-refractivity contribution in [3.05, 3.63) is 54.0 Å². The summed E-state index contributed by atoms with van der Waals surface area (Å²) in [6, 6.07) is 10.6. The fourth-order valence-corrected chi connectivity index (χ4v) is 3.23. The van der Waals surface area contributed by atoms with E-state index in [1.54, 1.807) is 37.6 Å². The highest BCUT2D eigenvalue weighted by Gasteiger charge is 2.25. The van der Waals surface area contributed by atoms with Crippen molar-refractivity contribution in [2.45, 2.75) is 18.9 Å². The zero-order valence-corrected chi connectivity index (χ0v) is 16.1. The number of nitrogens with one attached hydrogen (secondary N) is 1. The first-order valence-electron chi connectivity index (χ1n) is 9.46. The Kier molecular flexibility index (Phi) is 7.22. The quantitative estimate of drug-likeness (QED) is 0.667. The summed E-state index contributed by atoms with van der Waals surface area (Å²) >= 11 is 0. The maximum atomic E-state index is 12.3. The largest absolute Gasteiger partial charge is 0.497 e. The Bertz CT molecular complexity index is 752. The molecule has 1 N–H and O–H groups in total. The lowest BCUT2D eigenvalue weighted by molar-refractivity contribution is -0.121. The molecule has 1 aliphatic rings. The third-order valence-corrected chi connectivity index (χ3v) is 4.84. The van der Waals surface area contributed by atoms with E-state index in [-0.39, 0.29) is 30.6 Å². The molecule has 0 radical (unpaired) electrons. The summed E-state index contributed by atoms with van der Waals surface area (Å²) < 4.78 is 16.1. The van der Waals surface area contributed by atoms with Crippen molar-refractivity contribution < 1.29 is 23.5 Å². The third kappa shape index (κ3) is 5.43. The number of hydrogen-bond acceptors (Lipinski definition) is 6. The van der Waals surface area contributed by atoms with Crippen molar-refractivity contribution in [2.24, 2.45) is 0 Å². The molecule has 2 heterocycles. The predicted octanol–water partition coefficient (Wildman–Crippen LogP) is 2.44. The Hall–Kier alpha value is -2.64. The number of amides is 1. The van der Waals surface area contributed by atoms with Gasteiger partial charge in [-0.2, -0.15) is 0 Å². The van der Waals surface area contributed by atoms with Crippen LogP contribution in [0.2, 0.25) is 0 Å². The molecule has 0 spiro atoms. The molecule has 3 rings (SSSR count). The Labute approximate surface area is 164 Å². The molecule has 0 bridgehead atoms. The molecule has 1 aromatic carbocycles. The van der Waals surface area contributed by atoms with Crippen LogP contribution in [0.3, 0.4) is 0 Å². The van der Waals surface area contributed by atoms with Gasteiger partial charge in [0.2, 0.25) is 5.91 Å². The Morgan fingerprint density at radius 2 is 1.89 bits per heavy atom. The van der Waals surface area contributed by atoms with Gasteiger partial charge in [0, 0.05) is 38.0 Å². The second-order valence-corrected chi connectivity index (χ2v) is 6.64. The molecule has 1 aromatic heterocycles. The number of ether oxygens (including phenoxy) is 2. The molecule has 1 fully saturated rings. The van der Waals surface area contributed by atoms with Gasteiger partial charge in [0.05, 0.1) is 32.6 Å². The normalized spacial score (nSPS) is 15.8. The van der Waals surface area contributed by atoms with Crippen LogP contribution in [0.1, 0.15) is 35.0 Å². The summed E-state index contributed by atoms with van der Waals surface area (Å²) in [4.78, 5) is 26.8. The number of nitrogens with zero attached hydrogens (tertiary/aromatic N) is 1. The molecule has 28 heavy (non-hydrogen) atoms. The van der Waals surface area contributed by atoms with Gasteiger partial charge in [-0.25, -0.2) is 0 Å². The second-order valence-electron chi connectivity index (χ2n) is 6.64. The Morgan fingerprint density at radius 3 is 2.54 bits per heavy atom. The predicted molar refractivity (Wildman–Crippen MR) is 103 cm³/mol. The molecule has 1 atom stereocenters. The zero-order chi connectivity index (χ0) is 19.8. The van der Waals surface area contributed by atoms with E-state index >= 15 is 0 Å². The van der Waals surface area contributed by atoms with Crippen LogP contribution in [0.15, 0.2) is 47.1 Å². The maximum absolute atomic E-state index is 12.3. The van der Waals surface area contributed by atoms with E-state index in [1.165, 1.54) is 0 Å². The fourth-order valence-electron chi connectivity index (χ4n) is 3.23. The lowest BCUT2D eigenvalue weighted by atomic mass is 10.1. The van der Waals surface area contributed by atoms with Crippen molar-refractivity contribution in [1.82, 2.24) is 10.2 Å². The average molecular weight is 386 g/mol. The van der Waals surface area contributed by atoms with Crippen LogP contribution in [0, 0.1) is 0 Å². The van der Waals surface area contributed by atoms with Gasteiger partial charge in [-0.15, -0.1) is 0 Å². The first-order chi connectivity index (χ1) is 13.7. The highest BCUT2D eigenvalue weighted by molar-refractivity contribution is 5.98. The van der Waals surface area contributed by atoms with Crippen LogP contribution in [-0.4, -0.2) is 56.5 Å². The fraction of sp³-hybridized carbons (Fsp3) is 0.429. The van der Waals surface area contributed by atoms with E-state index < -0.39 is 0 Å². The summed E-state index contributed by atoms with van der Waals surface area (Å²) in [5.74, 6) is 1.30. The van der Waals surface area contributed by atoms with Crippen molar-refractivity contribution in [2.75, 3.05) is 40.0 Å². The second kappa shape index (κ2) is 10.1. The molecule has 1 unspecified atom stereocenters. The summed E-state index contributed by atoms with van der Waals surface area (Å²) in [5, 5.41) is 2.94. The summed E-state index contributed by atoms with van der Waals surface area (Å²) in [6.45, 7) is 3.35. The first kappa shape index (κ1) is 20.1. The molecule has 1 saturated heterocycles. The van der Waals surface area contributed by atoms with E-state index in [4.69, 9.17) is 13.9 Å². The molecule has 1 aliphatic heterocycles. The van der Waals surface area contributed by atoms with E-state index in [2.05, 4.69) is 10.2 Å². The molecule has 0 aliphatic carbocycles. The van der Waals surface area contributed by atoms with E-state index in [0.717, 1.165) is 18.8 Å². The number of ketones is 1. The Balaban J connectivity index is 1.49. The van der Waals surface area contributed by atoms with Gasteiger partial charge in [0.25, 0.3) is 0 Å². The van der Waals surface area contributed by atoms with Gasteiger partial charge in [0.15, 0.2) is 5.78 Å². The van der Waals surface area contributed by atoms with Crippen LogP contribution in [0.4, 0.5) is 0 Å². The van der Waals surface area contributed by atoms with E-state index in [0.29, 0.717) is 31.1 Å². The summed E-state index contributed by atoms with van der Waals surface area (Å²) in [5.41, 5.74) is 0.579. The third-order valence-electron chi connectivity index (χ3n) is 4.84. The van der Waals surface area contributed by atoms with Crippen LogP contribution in [0.5, 0.6) is 5.75 Å². The molecule has 2 aromatic rings. The summed E-state index contributed by atoms with van der Waals surface area (Å²) in [7, 11) is 1.58. The molecular formula is C21H26N2O5. The molecule has 1 amide bonds. The molecular weight excluding hydrogens is 360 g/mol. The number of carbonyl (C=O) groups excluding carboxylic acids is 2. The standard InChI is InChI=1S/C21H26N2O5/c1-26-17-6-4-16(5-7-17)19(24)8-9-21(25)22-15-18(20-3-2-12-28-20)23-10-13-27-14-11-23/h2-7,12,18H,8-11,13-15H2,1H3,(H,22,25). The summed E-state index contributed by atoms with van der Waals surface area (Å²) in [6.07, 6.45) is 1.96. The van der Waals surface area contributed by atoms with Crippen LogP contribution in [-0.2, 0) is 9.53 Å². The van der Waals surface area contributed by atoms with Crippen LogP contribution >= 0.6 is 0 Å². The maximum Gasteiger partial charge on any atom is 0.220 e. The topological polar surface area (TPSA) is 81.0 Å². The van der Waals surface area contributed by atoms with Crippen LogP contribution < -0.4 is 10.1 Å². The molecule has 7 nitrogen and oxygen atoms in total. The lowest BCUT2D eigenvalue weighted by Gasteiger charge is -2.33. The number of morpholine rings is 1. The van der Waals surface area contributed by atoms with E-state index in [9.17, 15) is 9.59 Å². The Morgan fingerprint density at radius 1 is 1.14 bits per heavy atom. The number of methoxy groups -OCH3 is 1. The van der Waals surface area contributed by atoms with Gasteiger partial charge < -0.3 is 19.2 Å². The smallest absolute Gasteiger partial charge is 0.220 e. The molecule has 7 heteroatoms. The lowest BCUT2D eigenvalue weighted by Crippen LogP contribution is -2.43. The highest BCUT2D eigenvalue weighted by Crippen LogP contribution is 2.21. The van der Waals surface area contributed by atoms with Crippen molar-refractivity contribution in [3.63, 3.8) is 0 Å². The van der Waals surface area contributed by atoms with E-state index in [1.807, 2.05) is 12.1 Å². The number of carbonyl (C=O) groups is 2. The van der Waals surface area contributed by atoms with Gasteiger partial charge in [-0.1, -0.05) is 0 Å². The minimum atomic E-state index is -0.147. The van der Waals surface area contributed by atoms with Gasteiger partial charge in [-0.05, 0) is 36.4 Å². The van der Waals surface area contributed by atoms with Gasteiger partial charge in [0.1, 0.15) is 11.5 Å². The highest BCUT2D eigenvalue weighted by atomic mass is 16.5. The first-order valence-corrected chi connectivity index (χ1v) is 9.46. The monoisotopic (exact) mass is 386 g/mol. The van der Waals surface area contributed by atoms with Gasteiger partial charge >= 0.3 is 0 Å². The van der Waals surface area contributed by atoms with Crippen molar-refractivity contribution in [3.8, 4) is 5.75 Å². The SMILES string of the molecule is COc1ccc(C(=O)CCC(=O)NCC(c2ccco2)N2CCOCC2)cc1. The number of benzene rings is 1. The number of rotatable bonds is 9. The zero-order valence-electron chi connectivity index (χ0n) is 16.1. The van der Waals surface area contributed by atoms with Crippen LogP contribution in [0.25, 0.3) is 0 Å². The van der Waals surface area contributed by atoms with Crippen molar-refractivity contribution >= 4 is 11.7 Å². The molecule has 0 saturated carbocycles.